The van der Waals surface area contributed by atoms with Crippen LogP contribution in [0.5, 0.6) is 0 Å². The van der Waals surface area contributed by atoms with Gasteiger partial charge < -0.3 is 16.4 Å². The summed E-state index contributed by atoms with van der Waals surface area (Å²) in [5, 5.41) is 6.49. The Balaban J connectivity index is 0.000000758. The summed E-state index contributed by atoms with van der Waals surface area (Å²) >= 11 is 0. The van der Waals surface area contributed by atoms with Gasteiger partial charge >= 0.3 is 0 Å². The lowest BCUT2D eigenvalue weighted by Crippen LogP contribution is -2.37. The van der Waals surface area contributed by atoms with E-state index in [0.717, 1.165) is 41.9 Å². The second-order valence-electron chi connectivity index (χ2n) is 7.88. The molecule has 4 heteroatoms. The van der Waals surface area contributed by atoms with Crippen LogP contribution in [0.25, 0.3) is 5.70 Å². The van der Waals surface area contributed by atoms with Crippen molar-refractivity contribution >= 4 is 23.6 Å². The average Bonchev–Trinajstić information content (AvgIpc) is 2.54. The van der Waals surface area contributed by atoms with Crippen LogP contribution in [0.4, 0.5) is 5.69 Å². The number of benzene rings is 1. The number of hydrogen-bond acceptors (Lipinski definition) is 3. The van der Waals surface area contributed by atoms with Gasteiger partial charge in [-0.1, -0.05) is 65.0 Å². The Bertz CT molecular complexity index is 577. The largest absolute Gasteiger partial charge is 0.399 e. The van der Waals surface area contributed by atoms with Gasteiger partial charge in [0.1, 0.15) is 0 Å². The molecule has 146 valence electrons. The Hall–Kier alpha value is -1.84. The quantitative estimate of drug-likeness (QED) is 0.436. The van der Waals surface area contributed by atoms with Gasteiger partial charge in [0.25, 0.3) is 0 Å². The Kier molecular flexibility index (Phi) is 10.9. The first-order valence-electron chi connectivity index (χ1n) is 9.79. The number of nitrogens with one attached hydrogen (secondary N) is 2. The first-order valence-corrected chi connectivity index (χ1v) is 9.79. The summed E-state index contributed by atoms with van der Waals surface area (Å²) in [5.74, 6) is 0. The van der Waals surface area contributed by atoms with Crippen LogP contribution in [-0.4, -0.2) is 19.3 Å². The Labute approximate surface area is 162 Å². The van der Waals surface area contributed by atoms with Crippen LogP contribution in [0.3, 0.4) is 0 Å². The molecule has 1 rings (SSSR count). The normalized spacial score (nSPS) is 10.4. The molecule has 0 aliphatic carbocycles. The smallest absolute Gasteiger partial charge is 0.169 e. The van der Waals surface area contributed by atoms with Gasteiger partial charge in [-0.15, -0.1) is 0 Å². The van der Waals surface area contributed by atoms with Crippen LogP contribution in [0.15, 0.2) is 37.1 Å². The highest BCUT2D eigenvalue weighted by atomic mass is 15.0. The summed E-state index contributed by atoms with van der Waals surface area (Å²) in [6, 6.07) is 6.21. The molecule has 0 aliphatic heterocycles. The van der Waals surface area contributed by atoms with Gasteiger partial charge in [0.05, 0.1) is 0 Å². The highest BCUT2D eigenvalue weighted by molar-refractivity contribution is 6.70. The third-order valence-electron chi connectivity index (χ3n) is 4.26. The van der Waals surface area contributed by atoms with E-state index in [1.807, 2.05) is 19.2 Å². The van der Waals surface area contributed by atoms with Gasteiger partial charge in [0.15, 0.2) is 6.71 Å². The Morgan fingerprint density at radius 2 is 1.73 bits per heavy atom. The van der Waals surface area contributed by atoms with Crippen molar-refractivity contribution in [3.8, 4) is 0 Å². The number of nitrogens with two attached hydrogens (primary N) is 1. The topological polar surface area (TPSA) is 50.1 Å². The molecule has 3 nitrogen and oxygen atoms in total. The zero-order valence-corrected chi connectivity index (χ0v) is 18.1. The standard InChI is InChI=1S/C16H27BN2.C6H13N/c1-7-8-16(3,4)19-12(2)13-9-14(17(5)6)11-15(18)10-13;1-4-5-6(2)7-3/h9-11,19H,2,7-8,18H2,1,3-6H3;7H,2,4-5H2,1,3H3. The lowest BCUT2D eigenvalue weighted by atomic mass is 9.49. The molecule has 0 aliphatic rings. The van der Waals surface area contributed by atoms with E-state index in [2.05, 4.69) is 71.2 Å². The monoisotopic (exact) mass is 357 g/mol. The minimum absolute atomic E-state index is 0.0639. The summed E-state index contributed by atoms with van der Waals surface area (Å²) in [6.07, 6.45) is 4.54. The molecular weight excluding hydrogens is 317 g/mol. The molecule has 0 fully saturated rings. The van der Waals surface area contributed by atoms with Crippen LogP contribution < -0.4 is 21.8 Å². The van der Waals surface area contributed by atoms with E-state index < -0.39 is 0 Å². The highest BCUT2D eigenvalue weighted by Crippen LogP contribution is 2.19. The molecule has 0 spiro atoms. The number of rotatable bonds is 9. The maximum absolute atomic E-state index is 5.99. The first kappa shape index (κ1) is 24.2. The predicted molar refractivity (Wildman–Crippen MR) is 122 cm³/mol. The van der Waals surface area contributed by atoms with Crippen LogP contribution in [0.1, 0.15) is 58.9 Å². The Morgan fingerprint density at radius 3 is 2.15 bits per heavy atom. The lowest BCUT2D eigenvalue weighted by molar-refractivity contribution is 0.413. The molecule has 0 heterocycles. The molecule has 0 amide bonds. The van der Waals surface area contributed by atoms with Crippen molar-refractivity contribution in [3.63, 3.8) is 0 Å². The van der Waals surface area contributed by atoms with E-state index in [1.54, 1.807) is 0 Å². The second kappa shape index (κ2) is 11.7. The number of hydrogen-bond donors (Lipinski definition) is 3. The van der Waals surface area contributed by atoms with E-state index in [9.17, 15) is 0 Å². The van der Waals surface area contributed by atoms with Gasteiger partial charge in [0.2, 0.25) is 0 Å². The number of anilines is 1. The maximum atomic E-state index is 5.99. The van der Waals surface area contributed by atoms with Gasteiger partial charge in [-0.05, 0) is 44.4 Å². The third kappa shape index (κ3) is 9.60. The summed E-state index contributed by atoms with van der Waals surface area (Å²) in [5.41, 5.74) is 11.3. The summed E-state index contributed by atoms with van der Waals surface area (Å²) < 4.78 is 0. The van der Waals surface area contributed by atoms with E-state index in [0.29, 0.717) is 6.71 Å². The van der Waals surface area contributed by atoms with Crippen molar-refractivity contribution in [2.24, 2.45) is 0 Å². The fourth-order valence-corrected chi connectivity index (χ4v) is 2.78. The van der Waals surface area contributed by atoms with Crippen LogP contribution in [0.2, 0.25) is 13.6 Å². The van der Waals surface area contributed by atoms with Gasteiger partial charge in [-0.2, -0.15) is 0 Å². The second-order valence-corrected chi connectivity index (χ2v) is 7.88. The van der Waals surface area contributed by atoms with Crippen molar-refractivity contribution < 1.29 is 0 Å². The molecule has 26 heavy (non-hydrogen) atoms. The molecule has 1 aromatic carbocycles. The lowest BCUT2D eigenvalue weighted by Gasteiger charge is -2.28. The fraction of sp³-hybridized carbons (Fsp3) is 0.545. The molecule has 0 atom stereocenters. The molecule has 0 aromatic heterocycles. The van der Waals surface area contributed by atoms with E-state index in [4.69, 9.17) is 5.73 Å². The van der Waals surface area contributed by atoms with Crippen LogP contribution in [0, 0.1) is 0 Å². The molecule has 0 radical (unpaired) electrons. The maximum Gasteiger partial charge on any atom is 0.169 e. The predicted octanol–water partition coefficient (Wildman–Crippen LogP) is 4.89. The summed E-state index contributed by atoms with van der Waals surface area (Å²) in [7, 11) is 1.90. The average molecular weight is 357 g/mol. The van der Waals surface area contributed by atoms with Gasteiger partial charge in [0, 0.05) is 29.7 Å². The van der Waals surface area contributed by atoms with Crippen molar-refractivity contribution in [2.45, 2.75) is 72.6 Å². The fourth-order valence-electron chi connectivity index (χ4n) is 2.78. The van der Waals surface area contributed by atoms with E-state index >= 15 is 0 Å². The van der Waals surface area contributed by atoms with Crippen molar-refractivity contribution in [1.29, 1.82) is 0 Å². The molecule has 1 aromatic rings. The van der Waals surface area contributed by atoms with Crippen LogP contribution in [-0.2, 0) is 0 Å². The molecule has 0 bridgehead atoms. The van der Waals surface area contributed by atoms with Crippen molar-refractivity contribution in [1.82, 2.24) is 10.6 Å². The molecule has 0 saturated carbocycles. The van der Waals surface area contributed by atoms with Gasteiger partial charge in [-0.3, -0.25) is 0 Å². The molecule has 0 unspecified atom stereocenters. The third-order valence-corrected chi connectivity index (χ3v) is 4.26. The first-order chi connectivity index (χ1) is 12.1. The minimum atomic E-state index is 0.0639. The minimum Gasteiger partial charge on any atom is -0.399 e. The zero-order chi connectivity index (χ0) is 20.3. The Morgan fingerprint density at radius 1 is 1.12 bits per heavy atom. The van der Waals surface area contributed by atoms with E-state index in [-0.39, 0.29) is 5.54 Å². The highest BCUT2D eigenvalue weighted by Gasteiger charge is 2.17. The number of allylic oxidation sites excluding steroid dienone is 1. The molecule has 4 N–H and O–H groups in total. The van der Waals surface area contributed by atoms with Gasteiger partial charge in [-0.25, -0.2) is 0 Å². The van der Waals surface area contributed by atoms with Crippen LogP contribution >= 0.6 is 0 Å². The molecule has 0 saturated heterocycles. The molecular formula is C22H40BN3. The summed E-state index contributed by atoms with van der Waals surface area (Å²) in [4.78, 5) is 0. The van der Waals surface area contributed by atoms with Crippen molar-refractivity contribution in [3.05, 3.63) is 42.6 Å². The SMILES string of the molecule is C=C(CCC)NC.C=C(NC(C)(C)CCC)c1cc(N)cc(B(C)C)c1. The van der Waals surface area contributed by atoms with Crippen molar-refractivity contribution in [2.75, 3.05) is 12.8 Å². The number of nitrogen functional groups attached to an aromatic ring is 1. The van der Waals surface area contributed by atoms with E-state index in [1.165, 1.54) is 11.9 Å². The zero-order valence-electron chi connectivity index (χ0n) is 18.1. The summed E-state index contributed by atoms with van der Waals surface area (Å²) in [6.45, 7) is 21.5.